The van der Waals surface area contributed by atoms with Gasteiger partial charge in [0.1, 0.15) is 12.4 Å². The Balaban J connectivity index is 1.45. The molecule has 1 N–H and O–H groups in total. The number of tetrazole rings is 1. The molecule has 0 spiro atoms. The van der Waals surface area contributed by atoms with E-state index >= 15 is 0 Å². The molecule has 1 fully saturated rings. The number of carbonyl (C=O) groups excluding carboxylic acids is 1. The summed E-state index contributed by atoms with van der Waals surface area (Å²) in [5.41, 5.74) is 0.632. The number of aryl methyl sites for hydroxylation is 1. The Morgan fingerprint density at radius 2 is 2.00 bits per heavy atom. The zero-order chi connectivity index (χ0) is 17.5. The van der Waals surface area contributed by atoms with Crippen LogP contribution in [0.15, 0.2) is 24.3 Å². The lowest BCUT2D eigenvalue weighted by Crippen LogP contribution is -2.33. The van der Waals surface area contributed by atoms with Crippen LogP contribution in [-0.4, -0.2) is 57.2 Å². The molecule has 0 radical (unpaired) electrons. The minimum absolute atomic E-state index is 0.0549. The fraction of sp³-hybridized carbons (Fsp3) is 0.529. The third-order valence-electron chi connectivity index (χ3n) is 4.30. The second kappa shape index (κ2) is 8.57. The molecule has 3 rings (SSSR count). The second-order valence-corrected chi connectivity index (χ2v) is 6.03. The van der Waals surface area contributed by atoms with Crippen LogP contribution in [0.2, 0.25) is 0 Å². The molecule has 1 aromatic carbocycles. The zero-order valence-corrected chi connectivity index (χ0v) is 14.5. The molecule has 1 aliphatic heterocycles. The highest BCUT2D eigenvalue weighted by Gasteiger charge is 2.12. The fourth-order valence-electron chi connectivity index (χ4n) is 2.86. The van der Waals surface area contributed by atoms with Gasteiger partial charge in [-0.15, -0.1) is 5.10 Å². The van der Waals surface area contributed by atoms with Crippen LogP contribution >= 0.6 is 0 Å². The van der Waals surface area contributed by atoms with Gasteiger partial charge in [0.05, 0.1) is 0 Å². The summed E-state index contributed by atoms with van der Waals surface area (Å²) in [6.45, 7) is 6.84. The highest BCUT2D eigenvalue weighted by atomic mass is 16.5. The maximum atomic E-state index is 12.2. The highest BCUT2D eigenvalue weighted by molar-refractivity contribution is 5.94. The minimum Gasteiger partial charge on any atom is -0.486 e. The minimum atomic E-state index is -0.0549. The summed E-state index contributed by atoms with van der Waals surface area (Å²) in [7, 11) is 0. The van der Waals surface area contributed by atoms with Crippen molar-refractivity contribution in [1.82, 2.24) is 30.4 Å². The molecule has 0 unspecified atom stereocenters. The second-order valence-electron chi connectivity index (χ2n) is 6.03. The monoisotopic (exact) mass is 344 g/mol. The van der Waals surface area contributed by atoms with Crippen molar-refractivity contribution in [2.24, 2.45) is 0 Å². The molecular formula is C17H24N6O2. The van der Waals surface area contributed by atoms with Crippen molar-refractivity contribution in [3.05, 3.63) is 35.7 Å². The Kier molecular flexibility index (Phi) is 5.95. The third kappa shape index (κ3) is 4.76. The molecule has 1 aromatic heterocycles. The zero-order valence-electron chi connectivity index (χ0n) is 14.5. The molecule has 8 nitrogen and oxygen atoms in total. The van der Waals surface area contributed by atoms with Crippen LogP contribution in [0.25, 0.3) is 0 Å². The molecule has 0 atom stereocenters. The molecule has 0 saturated carbocycles. The molecule has 1 amide bonds. The lowest BCUT2D eigenvalue weighted by molar-refractivity contribution is 0.0949. The van der Waals surface area contributed by atoms with Gasteiger partial charge >= 0.3 is 0 Å². The van der Waals surface area contributed by atoms with E-state index < -0.39 is 0 Å². The molecule has 25 heavy (non-hydrogen) atoms. The van der Waals surface area contributed by atoms with Gasteiger partial charge < -0.3 is 15.0 Å². The van der Waals surface area contributed by atoms with Crippen molar-refractivity contribution in [1.29, 1.82) is 0 Å². The van der Waals surface area contributed by atoms with Crippen LogP contribution in [0.4, 0.5) is 0 Å². The van der Waals surface area contributed by atoms with Gasteiger partial charge in [0.25, 0.3) is 5.91 Å². The Labute approximate surface area is 147 Å². The van der Waals surface area contributed by atoms with Crippen LogP contribution in [0, 0.1) is 0 Å². The average molecular weight is 344 g/mol. The van der Waals surface area contributed by atoms with E-state index in [1.54, 1.807) is 28.9 Å². The molecular weight excluding hydrogens is 320 g/mol. The van der Waals surface area contributed by atoms with Crippen molar-refractivity contribution in [3.8, 4) is 5.75 Å². The van der Waals surface area contributed by atoms with Gasteiger partial charge in [-0.1, -0.05) is 0 Å². The van der Waals surface area contributed by atoms with E-state index in [2.05, 4.69) is 25.7 Å². The molecule has 134 valence electrons. The summed E-state index contributed by atoms with van der Waals surface area (Å²) in [4.78, 5) is 14.5. The highest BCUT2D eigenvalue weighted by Crippen LogP contribution is 2.13. The van der Waals surface area contributed by atoms with Crippen LogP contribution in [0.1, 0.15) is 35.9 Å². The maximum absolute atomic E-state index is 12.2. The summed E-state index contributed by atoms with van der Waals surface area (Å²) in [5.74, 6) is 1.30. The van der Waals surface area contributed by atoms with Crippen LogP contribution < -0.4 is 10.1 Å². The number of rotatable bonds is 8. The van der Waals surface area contributed by atoms with Gasteiger partial charge in [0, 0.05) is 25.2 Å². The van der Waals surface area contributed by atoms with E-state index in [0.717, 1.165) is 19.6 Å². The van der Waals surface area contributed by atoms with Crippen LogP contribution in [0.3, 0.4) is 0 Å². The first kappa shape index (κ1) is 17.3. The SMILES string of the molecule is CCn1nnnc1COc1ccc(C(=O)NCCN2CCCC2)cc1. The number of hydrogen-bond acceptors (Lipinski definition) is 6. The van der Waals surface area contributed by atoms with Gasteiger partial charge in [-0.25, -0.2) is 4.68 Å². The quantitative estimate of drug-likeness (QED) is 0.772. The summed E-state index contributed by atoms with van der Waals surface area (Å²) in [5, 5.41) is 14.4. The number of ether oxygens (including phenoxy) is 1. The number of nitrogens with one attached hydrogen (secondary N) is 1. The van der Waals surface area contributed by atoms with E-state index in [1.165, 1.54) is 12.8 Å². The third-order valence-corrected chi connectivity index (χ3v) is 4.30. The number of benzene rings is 1. The van der Waals surface area contributed by atoms with Crippen LogP contribution in [-0.2, 0) is 13.2 Å². The smallest absolute Gasteiger partial charge is 0.251 e. The number of amides is 1. The number of aromatic nitrogens is 4. The van der Waals surface area contributed by atoms with Crippen molar-refractivity contribution in [3.63, 3.8) is 0 Å². The fourth-order valence-corrected chi connectivity index (χ4v) is 2.86. The number of carbonyl (C=O) groups is 1. The van der Waals surface area contributed by atoms with Gasteiger partial charge in [0.2, 0.25) is 0 Å². The first-order valence-corrected chi connectivity index (χ1v) is 8.74. The molecule has 0 aliphatic carbocycles. The van der Waals surface area contributed by atoms with Gasteiger partial charge in [-0.3, -0.25) is 4.79 Å². The average Bonchev–Trinajstić information content (AvgIpc) is 3.31. The number of hydrogen-bond donors (Lipinski definition) is 1. The standard InChI is InChI=1S/C17H24N6O2/c1-2-23-16(19-20-21-23)13-25-15-7-5-14(6-8-15)17(24)18-9-12-22-10-3-4-11-22/h5-8H,2-4,9-13H2,1H3,(H,18,24). The topological polar surface area (TPSA) is 85.2 Å². The Morgan fingerprint density at radius 3 is 2.72 bits per heavy atom. The predicted octanol–water partition coefficient (Wildman–Crippen LogP) is 1.10. The maximum Gasteiger partial charge on any atom is 0.251 e. The first-order chi connectivity index (χ1) is 12.3. The number of likely N-dealkylation sites (tertiary alicyclic amines) is 1. The van der Waals surface area contributed by atoms with E-state index in [4.69, 9.17) is 4.74 Å². The summed E-state index contributed by atoms with van der Waals surface area (Å²) in [6, 6.07) is 7.11. The Morgan fingerprint density at radius 1 is 1.24 bits per heavy atom. The molecule has 2 heterocycles. The summed E-state index contributed by atoms with van der Waals surface area (Å²) in [6.07, 6.45) is 2.53. The Bertz CT molecular complexity index is 679. The summed E-state index contributed by atoms with van der Waals surface area (Å²) >= 11 is 0. The number of nitrogens with zero attached hydrogens (tertiary/aromatic N) is 5. The normalized spacial score (nSPS) is 14.6. The van der Waals surface area contributed by atoms with Gasteiger partial charge in [0.15, 0.2) is 5.82 Å². The first-order valence-electron chi connectivity index (χ1n) is 8.74. The van der Waals surface area contributed by atoms with Crippen molar-refractivity contribution in [2.75, 3.05) is 26.2 Å². The molecule has 8 heteroatoms. The molecule has 1 aliphatic rings. The van der Waals surface area contributed by atoms with Crippen molar-refractivity contribution >= 4 is 5.91 Å². The summed E-state index contributed by atoms with van der Waals surface area (Å²) < 4.78 is 7.36. The van der Waals surface area contributed by atoms with Gasteiger partial charge in [-0.2, -0.15) is 0 Å². The van der Waals surface area contributed by atoms with Gasteiger partial charge in [-0.05, 0) is 67.5 Å². The van der Waals surface area contributed by atoms with Crippen molar-refractivity contribution in [2.45, 2.75) is 32.9 Å². The van der Waals surface area contributed by atoms with Crippen LogP contribution in [0.5, 0.6) is 5.75 Å². The Hall–Kier alpha value is -2.48. The van der Waals surface area contributed by atoms with E-state index in [0.29, 0.717) is 36.8 Å². The van der Waals surface area contributed by atoms with Crippen molar-refractivity contribution < 1.29 is 9.53 Å². The molecule has 0 bridgehead atoms. The van der Waals surface area contributed by atoms with E-state index in [-0.39, 0.29) is 5.91 Å². The molecule has 1 saturated heterocycles. The lowest BCUT2D eigenvalue weighted by atomic mass is 10.2. The van der Waals surface area contributed by atoms with E-state index in [9.17, 15) is 4.79 Å². The largest absolute Gasteiger partial charge is 0.486 e. The lowest BCUT2D eigenvalue weighted by Gasteiger charge is -2.14. The predicted molar refractivity (Wildman–Crippen MR) is 92.3 cm³/mol. The molecule has 2 aromatic rings. The van der Waals surface area contributed by atoms with E-state index in [1.807, 2.05) is 6.92 Å².